The molecular weight excluding hydrogens is 637 g/mol. The van der Waals surface area contributed by atoms with E-state index in [1.807, 2.05) is 33.8 Å². The number of methoxy groups -OCH3 is 2. The number of nitrogens with zero attached hydrogens (tertiary/aromatic N) is 2. The first-order valence-corrected chi connectivity index (χ1v) is 16.8. The number of rotatable bonds is 14. The molecular formula is C33H41Cl2N3O6S. The Morgan fingerprint density at radius 2 is 1.56 bits per heavy atom. The third-order valence-electron chi connectivity index (χ3n) is 7.14. The second-order valence-corrected chi connectivity index (χ2v) is 13.9. The highest BCUT2D eigenvalue weighted by Crippen LogP contribution is 2.33. The van der Waals surface area contributed by atoms with Crippen molar-refractivity contribution in [1.29, 1.82) is 0 Å². The van der Waals surface area contributed by atoms with Crippen LogP contribution in [0.1, 0.15) is 43.9 Å². The number of anilines is 1. The van der Waals surface area contributed by atoms with Crippen LogP contribution in [0.15, 0.2) is 59.5 Å². The number of ether oxygens (including phenoxy) is 2. The molecule has 0 fully saturated rings. The van der Waals surface area contributed by atoms with Crippen LogP contribution in [0.4, 0.5) is 5.69 Å². The fourth-order valence-electron chi connectivity index (χ4n) is 4.90. The van der Waals surface area contributed by atoms with Crippen molar-refractivity contribution < 1.29 is 27.5 Å². The molecule has 0 aliphatic rings. The Labute approximate surface area is 276 Å². The van der Waals surface area contributed by atoms with Gasteiger partial charge < -0.3 is 19.7 Å². The van der Waals surface area contributed by atoms with Gasteiger partial charge in [-0.15, -0.1) is 0 Å². The lowest BCUT2D eigenvalue weighted by Crippen LogP contribution is -2.52. The normalized spacial score (nSPS) is 12.0. The SMILES string of the molecule is CC[C@H](C(=O)NCC(C)C)N(Cc1ccc(Cl)cc1Cl)C(=O)CN(c1cc(C)cc(C)c1)S(=O)(=O)c1ccc(OC)c(OC)c1. The van der Waals surface area contributed by atoms with Gasteiger partial charge in [0, 0.05) is 29.2 Å². The predicted molar refractivity (Wildman–Crippen MR) is 179 cm³/mol. The number of sulfonamides is 1. The maximum Gasteiger partial charge on any atom is 0.264 e. The van der Waals surface area contributed by atoms with E-state index < -0.39 is 28.5 Å². The third kappa shape index (κ3) is 9.05. The molecule has 3 aromatic rings. The van der Waals surface area contributed by atoms with E-state index in [4.69, 9.17) is 32.7 Å². The van der Waals surface area contributed by atoms with Gasteiger partial charge in [-0.25, -0.2) is 8.42 Å². The van der Waals surface area contributed by atoms with Gasteiger partial charge in [-0.3, -0.25) is 13.9 Å². The monoisotopic (exact) mass is 677 g/mol. The van der Waals surface area contributed by atoms with Crippen LogP contribution >= 0.6 is 23.2 Å². The van der Waals surface area contributed by atoms with Crippen LogP contribution in [0.3, 0.4) is 0 Å². The molecule has 0 saturated heterocycles. The molecule has 0 heterocycles. The van der Waals surface area contributed by atoms with Gasteiger partial charge in [0.15, 0.2) is 11.5 Å². The van der Waals surface area contributed by atoms with Crippen molar-refractivity contribution in [3.63, 3.8) is 0 Å². The van der Waals surface area contributed by atoms with Gasteiger partial charge in [-0.2, -0.15) is 0 Å². The fraction of sp³-hybridized carbons (Fsp3) is 0.394. The summed E-state index contributed by atoms with van der Waals surface area (Å²) in [6, 6.07) is 13.6. The molecule has 3 rings (SSSR count). The lowest BCUT2D eigenvalue weighted by Gasteiger charge is -2.33. The molecule has 0 spiro atoms. The Morgan fingerprint density at radius 1 is 0.911 bits per heavy atom. The largest absolute Gasteiger partial charge is 0.493 e. The Morgan fingerprint density at radius 3 is 2.11 bits per heavy atom. The number of carbonyl (C=O) groups excluding carboxylic acids is 2. The third-order valence-corrected chi connectivity index (χ3v) is 9.50. The molecule has 3 aromatic carbocycles. The predicted octanol–water partition coefficient (Wildman–Crippen LogP) is 6.40. The quantitative estimate of drug-likeness (QED) is 0.212. The van der Waals surface area contributed by atoms with Crippen LogP contribution in [0, 0.1) is 19.8 Å². The summed E-state index contributed by atoms with van der Waals surface area (Å²) in [5.41, 5.74) is 2.49. The molecule has 0 aromatic heterocycles. The Hall–Kier alpha value is -3.47. The summed E-state index contributed by atoms with van der Waals surface area (Å²) in [5, 5.41) is 3.66. The van der Waals surface area contributed by atoms with E-state index in [0.29, 0.717) is 33.6 Å². The zero-order chi connectivity index (χ0) is 33.5. The average molecular weight is 679 g/mol. The summed E-state index contributed by atoms with van der Waals surface area (Å²) in [7, 11) is -1.46. The first-order chi connectivity index (χ1) is 21.2. The highest BCUT2D eigenvalue weighted by molar-refractivity contribution is 7.92. The molecule has 0 aliphatic carbocycles. The van der Waals surface area contributed by atoms with Crippen molar-refractivity contribution in [3.05, 3.63) is 81.3 Å². The highest BCUT2D eigenvalue weighted by atomic mass is 35.5. The topological polar surface area (TPSA) is 105 Å². The molecule has 1 N–H and O–H groups in total. The van der Waals surface area contributed by atoms with E-state index in [2.05, 4.69) is 5.32 Å². The van der Waals surface area contributed by atoms with Crippen molar-refractivity contribution >= 4 is 50.7 Å². The summed E-state index contributed by atoms with van der Waals surface area (Å²) in [6.07, 6.45) is 0.285. The molecule has 9 nitrogen and oxygen atoms in total. The molecule has 0 radical (unpaired) electrons. The smallest absolute Gasteiger partial charge is 0.264 e. The summed E-state index contributed by atoms with van der Waals surface area (Å²) >= 11 is 12.6. The number of benzene rings is 3. The average Bonchev–Trinajstić information content (AvgIpc) is 2.98. The van der Waals surface area contributed by atoms with Gasteiger partial charge in [-0.05, 0) is 79.3 Å². The molecule has 45 heavy (non-hydrogen) atoms. The molecule has 0 aliphatic heterocycles. The minimum Gasteiger partial charge on any atom is -0.493 e. The minimum absolute atomic E-state index is 0.0421. The number of nitrogens with one attached hydrogen (secondary N) is 1. The summed E-state index contributed by atoms with van der Waals surface area (Å²) in [5.74, 6) is -0.166. The van der Waals surface area contributed by atoms with Crippen molar-refractivity contribution in [3.8, 4) is 11.5 Å². The summed E-state index contributed by atoms with van der Waals surface area (Å²) in [6.45, 7) is 9.23. The van der Waals surface area contributed by atoms with Crippen molar-refractivity contribution in [2.24, 2.45) is 5.92 Å². The number of aryl methyl sites for hydroxylation is 2. The summed E-state index contributed by atoms with van der Waals surface area (Å²) in [4.78, 5) is 29.1. The van der Waals surface area contributed by atoms with Gasteiger partial charge in [0.05, 0.1) is 24.8 Å². The van der Waals surface area contributed by atoms with Crippen LogP contribution in [0.2, 0.25) is 10.0 Å². The number of hydrogen-bond donors (Lipinski definition) is 1. The van der Waals surface area contributed by atoms with E-state index in [1.165, 1.54) is 37.3 Å². The first kappa shape index (κ1) is 36.0. The second kappa shape index (κ2) is 15.7. The highest BCUT2D eigenvalue weighted by Gasteiger charge is 2.34. The van der Waals surface area contributed by atoms with Gasteiger partial charge in [0.25, 0.3) is 10.0 Å². The fourth-order valence-corrected chi connectivity index (χ4v) is 6.79. The summed E-state index contributed by atoms with van der Waals surface area (Å²) < 4.78 is 40.4. The Bertz CT molecular complexity index is 1610. The zero-order valence-corrected chi connectivity index (χ0v) is 29.0. The van der Waals surface area contributed by atoms with Gasteiger partial charge in [0.2, 0.25) is 11.8 Å². The maximum absolute atomic E-state index is 14.3. The lowest BCUT2D eigenvalue weighted by molar-refractivity contribution is -0.140. The van der Waals surface area contributed by atoms with E-state index in [1.54, 1.807) is 37.3 Å². The van der Waals surface area contributed by atoms with Gasteiger partial charge in [0.1, 0.15) is 12.6 Å². The van der Waals surface area contributed by atoms with Crippen LogP contribution in [-0.2, 0) is 26.2 Å². The van der Waals surface area contributed by atoms with Crippen molar-refractivity contribution in [1.82, 2.24) is 10.2 Å². The molecule has 1 atom stereocenters. The van der Waals surface area contributed by atoms with E-state index in [0.717, 1.165) is 15.4 Å². The molecule has 12 heteroatoms. The zero-order valence-electron chi connectivity index (χ0n) is 26.7. The number of halogens is 2. The van der Waals surface area contributed by atoms with Crippen molar-refractivity contribution in [2.45, 2.75) is 58.5 Å². The van der Waals surface area contributed by atoms with Crippen LogP contribution in [0.25, 0.3) is 0 Å². The van der Waals surface area contributed by atoms with E-state index >= 15 is 0 Å². The Balaban J connectivity index is 2.15. The van der Waals surface area contributed by atoms with Crippen molar-refractivity contribution in [2.75, 3.05) is 31.6 Å². The van der Waals surface area contributed by atoms with Crippen LogP contribution in [0.5, 0.6) is 11.5 Å². The number of hydrogen-bond acceptors (Lipinski definition) is 6. The van der Waals surface area contributed by atoms with E-state index in [-0.39, 0.29) is 35.4 Å². The molecule has 2 amide bonds. The van der Waals surface area contributed by atoms with E-state index in [9.17, 15) is 18.0 Å². The van der Waals surface area contributed by atoms with Gasteiger partial charge in [-0.1, -0.05) is 56.1 Å². The standard InChI is InChI=1S/C33H41Cl2N3O6S/c1-8-29(33(40)36-18-21(2)3)37(19-24-9-10-25(34)16-28(24)35)32(39)20-38(26-14-22(4)13-23(5)15-26)45(41,42)27-11-12-30(43-6)31(17-27)44-7/h9-17,21,29H,8,18-20H2,1-7H3,(H,36,40)/t29-/m1/s1. The number of amides is 2. The van der Waals surface area contributed by atoms with Crippen LogP contribution < -0.4 is 19.1 Å². The van der Waals surface area contributed by atoms with Crippen LogP contribution in [-0.4, -0.2) is 58.5 Å². The maximum atomic E-state index is 14.3. The van der Waals surface area contributed by atoms with Gasteiger partial charge >= 0.3 is 0 Å². The molecule has 244 valence electrons. The first-order valence-electron chi connectivity index (χ1n) is 14.6. The molecule has 0 unspecified atom stereocenters. The minimum atomic E-state index is -4.33. The number of carbonyl (C=O) groups is 2. The molecule has 0 saturated carbocycles. The second-order valence-electron chi connectivity index (χ2n) is 11.2. The Kier molecular flexibility index (Phi) is 12.6. The lowest BCUT2D eigenvalue weighted by atomic mass is 10.1. The molecule has 0 bridgehead atoms.